The van der Waals surface area contributed by atoms with Crippen molar-refractivity contribution in [1.29, 1.82) is 0 Å². The average Bonchev–Trinajstić information content (AvgIpc) is 2.54. The van der Waals surface area contributed by atoms with Gasteiger partial charge in [0, 0.05) is 5.56 Å². The Labute approximate surface area is 137 Å². The summed E-state index contributed by atoms with van der Waals surface area (Å²) in [5.41, 5.74) is 3.13. The fraction of sp³-hybridized carbons (Fsp3) is 0.316. The number of hydrogen-bond donors (Lipinski definition) is 1. The van der Waals surface area contributed by atoms with E-state index in [1.54, 1.807) is 7.11 Å². The lowest BCUT2D eigenvalue weighted by atomic mass is 10.1. The first-order valence-corrected chi connectivity index (χ1v) is 7.63. The number of hydrogen-bond acceptors (Lipinski definition) is 3. The van der Waals surface area contributed by atoms with Crippen LogP contribution in [0.5, 0.6) is 11.5 Å². The molecule has 0 saturated carbocycles. The van der Waals surface area contributed by atoms with E-state index in [1.807, 2.05) is 63.2 Å². The summed E-state index contributed by atoms with van der Waals surface area (Å²) in [6.45, 7) is 5.91. The number of carbonyl (C=O) groups is 1. The smallest absolute Gasteiger partial charge is 0.258 e. The van der Waals surface area contributed by atoms with Crippen molar-refractivity contribution in [2.24, 2.45) is 0 Å². The molecule has 0 saturated heterocycles. The van der Waals surface area contributed by atoms with Crippen molar-refractivity contribution in [3.8, 4) is 11.5 Å². The Kier molecular flexibility index (Phi) is 5.63. The van der Waals surface area contributed by atoms with Crippen molar-refractivity contribution < 1.29 is 14.3 Å². The summed E-state index contributed by atoms with van der Waals surface area (Å²) in [7, 11) is 1.62. The van der Waals surface area contributed by atoms with Gasteiger partial charge >= 0.3 is 0 Å². The van der Waals surface area contributed by atoms with Crippen LogP contribution in [0.2, 0.25) is 0 Å². The number of nitrogens with one attached hydrogen (secondary N) is 1. The van der Waals surface area contributed by atoms with Gasteiger partial charge in [0.2, 0.25) is 0 Å². The molecule has 0 radical (unpaired) electrons. The van der Waals surface area contributed by atoms with Gasteiger partial charge in [-0.3, -0.25) is 4.79 Å². The van der Waals surface area contributed by atoms with Crippen molar-refractivity contribution in [3.05, 3.63) is 59.2 Å². The van der Waals surface area contributed by atoms with Gasteiger partial charge in [0.1, 0.15) is 11.5 Å². The lowest BCUT2D eigenvalue weighted by Crippen LogP contribution is -2.31. The van der Waals surface area contributed by atoms with Crippen LogP contribution in [-0.4, -0.2) is 19.6 Å². The number of ether oxygens (including phenoxy) is 2. The topological polar surface area (TPSA) is 47.6 Å². The van der Waals surface area contributed by atoms with Gasteiger partial charge in [0.15, 0.2) is 6.61 Å². The first-order chi connectivity index (χ1) is 11.0. The molecule has 4 heteroatoms. The third-order valence-electron chi connectivity index (χ3n) is 3.67. The molecule has 0 aliphatic rings. The van der Waals surface area contributed by atoms with E-state index in [2.05, 4.69) is 5.32 Å². The van der Waals surface area contributed by atoms with Gasteiger partial charge in [0.05, 0.1) is 13.2 Å². The van der Waals surface area contributed by atoms with E-state index >= 15 is 0 Å². The summed E-state index contributed by atoms with van der Waals surface area (Å²) in [4.78, 5) is 12.1. The second-order valence-electron chi connectivity index (χ2n) is 5.59. The lowest BCUT2D eigenvalue weighted by molar-refractivity contribution is -0.123. The highest BCUT2D eigenvalue weighted by atomic mass is 16.5. The number of benzene rings is 2. The van der Waals surface area contributed by atoms with Crippen LogP contribution in [0.25, 0.3) is 0 Å². The summed E-state index contributed by atoms with van der Waals surface area (Å²) < 4.78 is 10.9. The van der Waals surface area contributed by atoms with E-state index in [4.69, 9.17) is 9.47 Å². The molecular formula is C19H23NO3. The van der Waals surface area contributed by atoms with Crippen molar-refractivity contribution in [2.75, 3.05) is 13.7 Å². The Morgan fingerprint density at radius 1 is 1.13 bits per heavy atom. The van der Waals surface area contributed by atoms with Crippen LogP contribution >= 0.6 is 0 Å². The maximum atomic E-state index is 12.1. The molecule has 2 aromatic carbocycles. The molecule has 1 amide bonds. The molecule has 0 heterocycles. The summed E-state index contributed by atoms with van der Waals surface area (Å²) in [5, 5.41) is 2.93. The Morgan fingerprint density at radius 2 is 1.87 bits per heavy atom. The first kappa shape index (κ1) is 16.9. The zero-order valence-corrected chi connectivity index (χ0v) is 14.1. The minimum absolute atomic E-state index is 0.0105. The van der Waals surface area contributed by atoms with Crippen molar-refractivity contribution >= 4 is 5.91 Å². The highest BCUT2D eigenvalue weighted by Gasteiger charge is 2.14. The molecule has 2 aromatic rings. The molecule has 1 atom stereocenters. The normalized spacial score (nSPS) is 11.7. The third-order valence-corrected chi connectivity index (χ3v) is 3.67. The number of aryl methyl sites for hydroxylation is 2. The van der Waals surface area contributed by atoms with Crippen molar-refractivity contribution in [3.63, 3.8) is 0 Å². The monoisotopic (exact) mass is 313 g/mol. The highest BCUT2D eigenvalue weighted by molar-refractivity contribution is 5.78. The van der Waals surface area contributed by atoms with Crippen LogP contribution in [0.15, 0.2) is 42.5 Å². The van der Waals surface area contributed by atoms with Crippen LogP contribution < -0.4 is 14.8 Å². The second kappa shape index (κ2) is 7.68. The lowest BCUT2D eigenvalue weighted by Gasteiger charge is -2.17. The van der Waals surface area contributed by atoms with Gasteiger partial charge in [-0.2, -0.15) is 0 Å². The Bertz CT molecular complexity index is 682. The van der Waals surface area contributed by atoms with Crippen molar-refractivity contribution in [1.82, 2.24) is 5.32 Å². The molecule has 0 aliphatic heterocycles. The molecule has 0 fully saturated rings. The molecule has 4 nitrogen and oxygen atoms in total. The SMILES string of the molecule is COc1ccccc1[C@@H](C)NC(=O)COc1ccc(C)cc1C. The van der Waals surface area contributed by atoms with E-state index in [9.17, 15) is 4.79 Å². The number of methoxy groups -OCH3 is 1. The van der Waals surface area contributed by atoms with E-state index in [1.165, 1.54) is 5.56 Å². The molecule has 0 spiro atoms. The zero-order chi connectivity index (χ0) is 16.8. The fourth-order valence-electron chi connectivity index (χ4n) is 2.49. The molecule has 23 heavy (non-hydrogen) atoms. The molecule has 0 bridgehead atoms. The van der Waals surface area contributed by atoms with Gasteiger partial charge in [-0.05, 0) is 38.5 Å². The quantitative estimate of drug-likeness (QED) is 0.887. The predicted molar refractivity (Wildman–Crippen MR) is 91.0 cm³/mol. The van der Waals surface area contributed by atoms with Gasteiger partial charge in [0.25, 0.3) is 5.91 Å². The molecular weight excluding hydrogens is 290 g/mol. The maximum absolute atomic E-state index is 12.1. The number of amides is 1. The maximum Gasteiger partial charge on any atom is 0.258 e. The van der Waals surface area contributed by atoms with Crippen LogP contribution in [0.4, 0.5) is 0 Å². The van der Waals surface area contributed by atoms with Crippen LogP contribution in [0.1, 0.15) is 29.7 Å². The van der Waals surface area contributed by atoms with Gasteiger partial charge in [-0.25, -0.2) is 0 Å². The van der Waals surface area contributed by atoms with Crippen LogP contribution in [0, 0.1) is 13.8 Å². The molecule has 0 aliphatic carbocycles. The molecule has 122 valence electrons. The van der Waals surface area contributed by atoms with E-state index in [0.717, 1.165) is 22.6 Å². The van der Waals surface area contributed by atoms with Crippen molar-refractivity contribution in [2.45, 2.75) is 26.8 Å². The standard InChI is InChI=1S/C19H23NO3/c1-13-9-10-17(14(2)11-13)23-12-19(21)20-15(3)16-7-5-6-8-18(16)22-4/h5-11,15H,12H2,1-4H3,(H,20,21)/t15-/m1/s1. The highest BCUT2D eigenvalue weighted by Crippen LogP contribution is 2.24. The largest absolute Gasteiger partial charge is 0.496 e. The van der Waals surface area contributed by atoms with Gasteiger partial charge < -0.3 is 14.8 Å². The molecule has 0 unspecified atom stereocenters. The first-order valence-electron chi connectivity index (χ1n) is 7.63. The zero-order valence-electron chi connectivity index (χ0n) is 14.1. The van der Waals surface area contributed by atoms with E-state index in [0.29, 0.717) is 0 Å². The van der Waals surface area contributed by atoms with Gasteiger partial charge in [-0.1, -0.05) is 35.9 Å². The molecule has 2 rings (SSSR count). The predicted octanol–water partition coefficient (Wildman–Crippen LogP) is 3.57. The summed E-state index contributed by atoms with van der Waals surface area (Å²) >= 11 is 0. The average molecular weight is 313 g/mol. The third kappa shape index (κ3) is 4.49. The Balaban J connectivity index is 1.94. The Morgan fingerprint density at radius 3 is 2.57 bits per heavy atom. The van der Waals surface area contributed by atoms with Gasteiger partial charge in [-0.15, -0.1) is 0 Å². The molecule has 0 aromatic heterocycles. The summed E-state index contributed by atoms with van der Waals surface area (Å²) in [5.74, 6) is 1.33. The fourth-order valence-corrected chi connectivity index (χ4v) is 2.49. The van der Waals surface area contributed by atoms with E-state index < -0.39 is 0 Å². The summed E-state index contributed by atoms with van der Waals surface area (Å²) in [6.07, 6.45) is 0. The Hall–Kier alpha value is -2.49. The van der Waals surface area contributed by atoms with Crippen LogP contribution in [-0.2, 0) is 4.79 Å². The van der Waals surface area contributed by atoms with Crippen LogP contribution in [0.3, 0.4) is 0 Å². The minimum atomic E-state index is -0.164. The summed E-state index contributed by atoms with van der Waals surface area (Å²) in [6, 6.07) is 13.4. The minimum Gasteiger partial charge on any atom is -0.496 e. The van der Waals surface area contributed by atoms with E-state index in [-0.39, 0.29) is 18.6 Å². The molecule has 1 N–H and O–H groups in total. The number of rotatable bonds is 6. The second-order valence-corrected chi connectivity index (χ2v) is 5.59. The number of carbonyl (C=O) groups excluding carboxylic acids is 1. The number of para-hydroxylation sites is 1.